The molecule has 1 fully saturated rings. The smallest absolute Gasteiger partial charge is 0.0471 e. The number of aliphatic hydroxyl groups excluding tert-OH is 1. The SMILES string of the molecule is OC[C@H]1CNC[C@@H](Cc2c[nH]c3ccccc23)C1. The Kier molecular flexibility index (Phi) is 3.35. The van der Waals surface area contributed by atoms with Gasteiger partial charge in [-0.3, -0.25) is 0 Å². The minimum atomic E-state index is 0.303. The van der Waals surface area contributed by atoms with Gasteiger partial charge in [-0.2, -0.15) is 0 Å². The first-order chi connectivity index (χ1) is 8.86. The van der Waals surface area contributed by atoms with Crippen LogP contribution in [-0.2, 0) is 6.42 Å². The summed E-state index contributed by atoms with van der Waals surface area (Å²) in [5, 5.41) is 14.0. The Bertz CT molecular complexity index is 520. The van der Waals surface area contributed by atoms with Gasteiger partial charge in [0.25, 0.3) is 0 Å². The average molecular weight is 244 g/mol. The van der Waals surface area contributed by atoms with Crippen LogP contribution in [0, 0.1) is 11.8 Å². The van der Waals surface area contributed by atoms with Crippen molar-refractivity contribution < 1.29 is 5.11 Å². The van der Waals surface area contributed by atoms with E-state index >= 15 is 0 Å². The predicted octanol–water partition coefficient (Wildman–Crippen LogP) is 1.93. The van der Waals surface area contributed by atoms with E-state index in [0.29, 0.717) is 18.4 Å². The van der Waals surface area contributed by atoms with E-state index in [2.05, 4.69) is 40.8 Å². The molecular formula is C15H20N2O. The lowest BCUT2D eigenvalue weighted by Crippen LogP contribution is -2.38. The van der Waals surface area contributed by atoms with Crippen molar-refractivity contribution in [2.75, 3.05) is 19.7 Å². The van der Waals surface area contributed by atoms with Gasteiger partial charge in [-0.1, -0.05) is 18.2 Å². The standard InChI is InChI=1S/C15H20N2O/c18-10-12-5-11(7-16-8-12)6-13-9-17-15-4-2-1-3-14(13)15/h1-4,9,11-12,16-18H,5-8,10H2/t11-,12-/m1/s1. The van der Waals surface area contributed by atoms with Crippen LogP contribution in [0.3, 0.4) is 0 Å². The number of aliphatic hydroxyl groups is 1. The lowest BCUT2D eigenvalue weighted by atomic mass is 9.86. The van der Waals surface area contributed by atoms with Gasteiger partial charge in [-0.05, 0) is 42.9 Å². The molecule has 2 aromatic rings. The van der Waals surface area contributed by atoms with Crippen LogP contribution in [0.5, 0.6) is 0 Å². The van der Waals surface area contributed by atoms with Gasteiger partial charge in [0.15, 0.2) is 0 Å². The van der Waals surface area contributed by atoms with Crippen molar-refractivity contribution >= 4 is 10.9 Å². The number of para-hydroxylation sites is 1. The predicted molar refractivity (Wildman–Crippen MR) is 73.6 cm³/mol. The summed E-state index contributed by atoms with van der Waals surface area (Å²) in [4.78, 5) is 3.33. The number of hydrogen-bond donors (Lipinski definition) is 3. The first-order valence-corrected chi connectivity index (χ1v) is 6.73. The lowest BCUT2D eigenvalue weighted by molar-refractivity contribution is 0.172. The zero-order valence-electron chi connectivity index (χ0n) is 10.5. The third-order valence-electron chi connectivity index (χ3n) is 3.97. The molecular weight excluding hydrogens is 224 g/mol. The maximum atomic E-state index is 9.26. The molecule has 2 atom stereocenters. The summed E-state index contributed by atoms with van der Waals surface area (Å²) in [6.07, 6.45) is 4.35. The summed E-state index contributed by atoms with van der Waals surface area (Å²) in [5.41, 5.74) is 2.62. The minimum absolute atomic E-state index is 0.303. The average Bonchev–Trinajstić information content (AvgIpc) is 2.83. The molecule has 0 unspecified atom stereocenters. The van der Waals surface area contributed by atoms with Gasteiger partial charge >= 0.3 is 0 Å². The second kappa shape index (κ2) is 5.12. The van der Waals surface area contributed by atoms with Gasteiger partial charge in [0.1, 0.15) is 0 Å². The molecule has 0 spiro atoms. The molecule has 1 aromatic carbocycles. The van der Waals surface area contributed by atoms with Crippen LogP contribution >= 0.6 is 0 Å². The Morgan fingerprint density at radius 2 is 2.00 bits per heavy atom. The van der Waals surface area contributed by atoms with E-state index < -0.39 is 0 Å². The van der Waals surface area contributed by atoms with Gasteiger partial charge < -0.3 is 15.4 Å². The Morgan fingerprint density at radius 3 is 2.89 bits per heavy atom. The van der Waals surface area contributed by atoms with Gasteiger partial charge in [0.2, 0.25) is 0 Å². The zero-order chi connectivity index (χ0) is 12.4. The second-order valence-electron chi connectivity index (χ2n) is 5.37. The van der Waals surface area contributed by atoms with Crippen LogP contribution in [0.25, 0.3) is 10.9 Å². The zero-order valence-corrected chi connectivity index (χ0v) is 10.5. The Labute approximate surface area is 107 Å². The van der Waals surface area contributed by atoms with Crippen LogP contribution in [0.1, 0.15) is 12.0 Å². The fourth-order valence-electron chi connectivity index (χ4n) is 3.04. The van der Waals surface area contributed by atoms with Gasteiger partial charge in [0.05, 0.1) is 0 Å². The van der Waals surface area contributed by atoms with Crippen LogP contribution in [-0.4, -0.2) is 29.8 Å². The third-order valence-corrected chi connectivity index (χ3v) is 3.97. The van der Waals surface area contributed by atoms with Gasteiger partial charge in [0, 0.05) is 30.3 Å². The molecule has 0 bridgehead atoms. The summed E-state index contributed by atoms with van der Waals surface area (Å²) in [6, 6.07) is 8.46. The highest BCUT2D eigenvalue weighted by Gasteiger charge is 2.21. The highest BCUT2D eigenvalue weighted by Crippen LogP contribution is 2.25. The number of nitrogens with one attached hydrogen (secondary N) is 2. The number of fused-ring (bicyclic) bond motifs is 1. The monoisotopic (exact) mass is 244 g/mol. The molecule has 3 rings (SSSR count). The van der Waals surface area contributed by atoms with E-state index in [1.54, 1.807) is 0 Å². The first-order valence-electron chi connectivity index (χ1n) is 6.73. The molecule has 0 amide bonds. The lowest BCUT2D eigenvalue weighted by Gasteiger charge is -2.28. The molecule has 3 nitrogen and oxygen atoms in total. The van der Waals surface area contributed by atoms with E-state index in [-0.39, 0.29) is 0 Å². The molecule has 0 saturated carbocycles. The summed E-state index contributed by atoms with van der Waals surface area (Å²) < 4.78 is 0. The largest absolute Gasteiger partial charge is 0.396 e. The molecule has 1 saturated heterocycles. The molecule has 96 valence electrons. The minimum Gasteiger partial charge on any atom is -0.396 e. The summed E-state index contributed by atoms with van der Waals surface area (Å²) in [5.74, 6) is 1.06. The molecule has 1 aliphatic heterocycles. The van der Waals surface area contributed by atoms with Gasteiger partial charge in [-0.25, -0.2) is 0 Å². The Morgan fingerprint density at radius 1 is 1.17 bits per heavy atom. The van der Waals surface area contributed by atoms with Crippen molar-refractivity contribution in [3.8, 4) is 0 Å². The van der Waals surface area contributed by atoms with Crippen LogP contribution in [0.4, 0.5) is 0 Å². The number of aromatic amines is 1. The molecule has 3 heteroatoms. The quantitative estimate of drug-likeness (QED) is 0.772. The topological polar surface area (TPSA) is 48.0 Å². The fourth-order valence-corrected chi connectivity index (χ4v) is 3.04. The van der Waals surface area contributed by atoms with Crippen molar-refractivity contribution in [3.05, 3.63) is 36.0 Å². The number of piperidine rings is 1. The number of aromatic nitrogens is 1. The van der Waals surface area contributed by atoms with Crippen molar-refractivity contribution in [3.63, 3.8) is 0 Å². The van der Waals surface area contributed by atoms with E-state index in [1.807, 2.05) is 0 Å². The molecule has 3 N–H and O–H groups in total. The number of benzene rings is 1. The van der Waals surface area contributed by atoms with E-state index in [9.17, 15) is 5.11 Å². The normalized spacial score (nSPS) is 24.5. The van der Waals surface area contributed by atoms with Crippen molar-refractivity contribution in [2.45, 2.75) is 12.8 Å². The molecule has 18 heavy (non-hydrogen) atoms. The molecule has 1 aliphatic rings. The van der Waals surface area contributed by atoms with Crippen molar-refractivity contribution in [1.29, 1.82) is 0 Å². The number of rotatable bonds is 3. The molecule has 2 heterocycles. The summed E-state index contributed by atoms with van der Waals surface area (Å²) >= 11 is 0. The van der Waals surface area contributed by atoms with E-state index in [0.717, 1.165) is 25.9 Å². The Hall–Kier alpha value is -1.32. The molecule has 0 radical (unpaired) electrons. The summed E-state index contributed by atoms with van der Waals surface area (Å²) in [7, 11) is 0. The summed E-state index contributed by atoms with van der Waals surface area (Å²) in [6.45, 7) is 2.33. The highest BCUT2D eigenvalue weighted by atomic mass is 16.3. The Balaban J connectivity index is 1.76. The maximum Gasteiger partial charge on any atom is 0.0471 e. The highest BCUT2D eigenvalue weighted by molar-refractivity contribution is 5.83. The second-order valence-corrected chi connectivity index (χ2v) is 5.37. The number of hydrogen-bond acceptors (Lipinski definition) is 2. The van der Waals surface area contributed by atoms with E-state index in [1.165, 1.54) is 16.5 Å². The van der Waals surface area contributed by atoms with Crippen LogP contribution < -0.4 is 5.32 Å². The maximum absolute atomic E-state index is 9.26. The molecule has 1 aromatic heterocycles. The third kappa shape index (κ3) is 2.28. The first kappa shape index (κ1) is 11.8. The van der Waals surface area contributed by atoms with Crippen molar-refractivity contribution in [2.24, 2.45) is 11.8 Å². The van der Waals surface area contributed by atoms with Crippen LogP contribution in [0.15, 0.2) is 30.5 Å². The van der Waals surface area contributed by atoms with Crippen molar-refractivity contribution in [1.82, 2.24) is 10.3 Å². The van der Waals surface area contributed by atoms with Crippen LogP contribution in [0.2, 0.25) is 0 Å². The van der Waals surface area contributed by atoms with E-state index in [4.69, 9.17) is 0 Å². The number of H-pyrrole nitrogens is 1. The molecule has 0 aliphatic carbocycles. The fraction of sp³-hybridized carbons (Fsp3) is 0.467. The van der Waals surface area contributed by atoms with Gasteiger partial charge in [-0.15, -0.1) is 0 Å².